The molecule has 1 heteroatoms. The molecule has 1 N–H and O–H groups in total. The van der Waals surface area contributed by atoms with Crippen molar-refractivity contribution in [1.82, 2.24) is 5.32 Å². The molecule has 1 aliphatic rings. The first-order valence-electron chi connectivity index (χ1n) is 5.58. The van der Waals surface area contributed by atoms with E-state index in [4.69, 9.17) is 0 Å². The zero-order valence-electron chi connectivity index (χ0n) is 9.09. The molecule has 0 aliphatic carbocycles. The fourth-order valence-electron chi connectivity index (χ4n) is 2.27. The smallest absolute Gasteiger partial charge is 0.0325 e. The molecule has 0 amide bonds. The number of fused-ring (bicyclic) bond motifs is 1. The lowest BCUT2D eigenvalue weighted by Gasteiger charge is -2.28. The first-order chi connectivity index (χ1) is 6.77. The lowest BCUT2D eigenvalue weighted by atomic mass is 9.89. The van der Waals surface area contributed by atoms with Crippen LogP contribution in [0.1, 0.15) is 37.4 Å². The molecule has 14 heavy (non-hydrogen) atoms. The van der Waals surface area contributed by atoms with Crippen molar-refractivity contribution in [3.63, 3.8) is 0 Å². The second-order valence-electron chi connectivity index (χ2n) is 4.59. The van der Waals surface area contributed by atoms with Crippen molar-refractivity contribution in [2.75, 3.05) is 6.54 Å². The van der Waals surface area contributed by atoms with E-state index in [0.29, 0.717) is 6.04 Å². The molecule has 1 nitrogen and oxygen atoms in total. The Kier molecular flexibility index (Phi) is 2.87. The maximum absolute atomic E-state index is 3.61. The molecule has 1 aromatic rings. The minimum absolute atomic E-state index is 0.583. The van der Waals surface area contributed by atoms with E-state index in [1.54, 1.807) is 0 Å². The van der Waals surface area contributed by atoms with Crippen molar-refractivity contribution in [3.8, 4) is 0 Å². The molecule has 0 fully saturated rings. The van der Waals surface area contributed by atoms with Crippen molar-refractivity contribution < 1.29 is 0 Å². The summed E-state index contributed by atoms with van der Waals surface area (Å²) in [6.07, 6.45) is 2.43. The summed E-state index contributed by atoms with van der Waals surface area (Å²) in [4.78, 5) is 0. The summed E-state index contributed by atoms with van der Waals surface area (Å²) in [5.41, 5.74) is 3.06. The number of hydrogen-bond donors (Lipinski definition) is 1. The Bertz CT molecular complexity index is 304. The van der Waals surface area contributed by atoms with Crippen molar-refractivity contribution in [2.45, 2.75) is 32.7 Å². The maximum atomic E-state index is 3.61. The van der Waals surface area contributed by atoms with Gasteiger partial charge in [-0.15, -0.1) is 0 Å². The SMILES string of the molecule is CC(C)C[C@@H]1NCCc2ccccc21. The third kappa shape index (κ3) is 1.98. The maximum Gasteiger partial charge on any atom is 0.0325 e. The van der Waals surface area contributed by atoms with E-state index in [9.17, 15) is 0 Å². The number of benzene rings is 1. The number of nitrogens with one attached hydrogen (secondary N) is 1. The van der Waals surface area contributed by atoms with Crippen molar-refractivity contribution in [3.05, 3.63) is 35.4 Å². The Labute approximate surface area is 86.5 Å². The second-order valence-corrected chi connectivity index (χ2v) is 4.59. The van der Waals surface area contributed by atoms with Crippen molar-refractivity contribution >= 4 is 0 Å². The Morgan fingerprint density at radius 2 is 2.14 bits per heavy atom. The van der Waals surface area contributed by atoms with Crippen LogP contribution in [-0.4, -0.2) is 6.54 Å². The molecule has 1 aliphatic heterocycles. The van der Waals surface area contributed by atoms with Gasteiger partial charge in [-0.05, 0) is 36.4 Å². The average Bonchev–Trinajstić information content (AvgIpc) is 2.18. The second kappa shape index (κ2) is 4.14. The zero-order chi connectivity index (χ0) is 9.97. The van der Waals surface area contributed by atoms with E-state index >= 15 is 0 Å². The van der Waals surface area contributed by atoms with Crippen LogP contribution in [0.15, 0.2) is 24.3 Å². The Morgan fingerprint density at radius 1 is 1.36 bits per heavy atom. The van der Waals surface area contributed by atoms with Gasteiger partial charge in [0.1, 0.15) is 0 Å². The highest BCUT2D eigenvalue weighted by Crippen LogP contribution is 2.27. The topological polar surface area (TPSA) is 12.0 Å². The highest BCUT2D eigenvalue weighted by Gasteiger charge is 2.19. The lowest BCUT2D eigenvalue weighted by Crippen LogP contribution is -2.30. The summed E-state index contributed by atoms with van der Waals surface area (Å²) >= 11 is 0. The van der Waals surface area contributed by atoms with Gasteiger partial charge in [0.25, 0.3) is 0 Å². The van der Waals surface area contributed by atoms with E-state index in [2.05, 4.69) is 43.4 Å². The predicted octanol–water partition coefficient (Wildman–Crippen LogP) is 2.92. The van der Waals surface area contributed by atoms with Crippen molar-refractivity contribution in [1.29, 1.82) is 0 Å². The van der Waals surface area contributed by atoms with Gasteiger partial charge in [-0.2, -0.15) is 0 Å². The zero-order valence-corrected chi connectivity index (χ0v) is 9.09. The summed E-state index contributed by atoms with van der Waals surface area (Å²) in [6, 6.07) is 9.42. The first-order valence-corrected chi connectivity index (χ1v) is 5.58. The monoisotopic (exact) mass is 189 g/mol. The van der Waals surface area contributed by atoms with Crippen molar-refractivity contribution in [2.24, 2.45) is 5.92 Å². The van der Waals surface area contributed by atoms with Crippen LogP contribution in [0.4, 0.5) is 0 Å². The van der Waals surface area contributed by atoms with E-state index in [-0.39, 0.29) is 0 Å². The molecule has 76 valence electrons. The molecule has 0 spiro atoms. The van der Waals surface area contributed by atoms with Crippen LogP contribution >= 0.6 is 0 Å². The van der Waals surface area contributed by atoms with Crippen LogP contribution in [0.2, 0.25) is 0 Å². The summed E-state index contributed by atoms with van der Waals surface area (Å²) in [6.45, 7) is 5.71. The van der Waals surface area contributed by atoms with Gasteiger partial charge in [-0.25, -0.2) is 0 Å². The summed E-state index contributed by atoms with van der Waals surface area (Å²) in [5.74, 6) is 0.763. The molecule has 1 aromatic carbocycles. The van der Waals surface area contributed by atoms with Crippen LogP contribution in [0, 0.1) is 5.92 Å². The van der Waals surface area contributed by atoms with E-state index < -0.39 is 0 Å². The normalized spacial score (nSPS) is 20.9. The van der Waals surface area contributed by atoms with Gasteiger partial charge in [0.15, 0.2) is 0 Å². The molecular weight excluding hydrogens is 170 g/mol. The number of hydrogen-bond acceptors (Lipinski definition) is 1. The van der Waals surface area contributed by atoms with Gasteiger partial charge in [-0.3, -0.25) is 0 Å². The fourth-order valence-corrected chi connectivity index (χ4v) is 2.27. The number of rotatable bonds is 2. The molecule has 1 atom stereocenters. The molecule has 0 bridgehead atoms. The minimum Gasteiger partial charge on any atom is -0.310 e. The minimum atomic E-state index is 0.583. The van der Waals surface area contributed by atoms with Crippen LogP contribution < -0.4 is 5.32 Å². The predicted molar refractivity (Wildman–Crippen MR) is 60.3 cm³/mol. The first kappa shape index (κ1) is 9.72. The molecule has 0 saturated carbocycles. The van der Waals surface area contributed by atoms with Gasteiger partial charge < -0.3 is 5.32 Å². The van der Waals surface area contributed by atoms with Gasteiger partial charge in [0.2, 0.25) is 0 Å². The van der Waals surface area contributed by atoms with Crippen LogP contribution in [0.3, 0.4) is 0 Å². The Morgan fingerprint density at radius 3 is 2.93 bits per heavy atom. The molecule has 0 unspecified atom stereocenters. The van der Waals surface area contributed by atoms with Crippen LogP contribution in [-0.2, 0) is 6.42 Å². The molecule has 2 rings (SSSR count). The largest absolute Gasteiger partial charge is 0.310 e. The third-order valence-corrected chi connectivity index (χ3v) is 2.92. The van der Waals surface area contributed by atoms with E-state index in [0.717, 1.165) is 12.5 Å². The molecule has 1 heterocycles. The third-order valence-electron chi connectivity index (χ3n) is 2.92. The molecule has 0 radical (unpaired) electrons. The lowest BCUT2D eigenvalue weighted by molar-refractivity contribution is 0.414. The van der Waals surface area contributed by atoms with Gasteiger partial charge in [-0.1, -0.05) is 38.1 Å². The fraction of sp³-hybridized carbons (Fsp3) is 0.538. The highest BCUT2D eigenvalue weighted by molar-refractivity contribution is 5.32. The summed E-state index contributed by atoms with van der Waals surface area (Å²) in [7, 11) is 0. The summed E-state index contributed by atoms with van der Waals surface area (Å²) in [5, 5.41) is 3.61. The van der Waals surface area contributed by atoms with E-state index in [1.807, 2.05) is 0 Å². The van der Waals surface area contributed by atoms with Gasteiger partial charge in [0, 0.05) is 6.04 Å². The van der Waals surface area contributed by atoms with Gasteiger partial charge in [0.05, 0.1) is 0 Å². The van der Waals surface area contributed by atoms with E-state index in [1.165, 1.54) is 24.0 Å². The quantitative estimate of drug-likeness (QED) is 0.754. The standard InChI is InChI=1S/C13H19N/c1-10(2)9-13-12-6-4-3-5-11(12)7-8-14-13/h3-6,10,13-14H,7-9H2,1-2H3/t13-/m0/s1. The van der Waals surface area contributed by atoms with Crippen LogP contribution in [0.25, 0.3) is 0 Å². The highest BCUT2D eigenvalue weighted by atomic mass is 14.9. The average molecular weight is 189 g/mol. The summed E-state index contributed by atoms with van der Waals surface area (Å²) < 4.78 is 0. The molecule has 0 saturated heterocycles. The Hall–Kier alpha value is -0.820. The van der Waals surface area contributed by atoms with Gasteiger partial charge >= 0.3 is 0 Å². The Balaban J connectivity index is 2.22. The van der Waals surface area contributed by atoms with Crippen LogP contribution in [0.5, 0.6) is 0 Å². The molecular formula is C13H19N. The molecule has 0 aromatic heterocycles.